The number of para-hydroxylation sites is 1. The number of aromatic amines is 1. The third-order valence-electron chi connectivity index (χ3n) is 11.1. The largest absolute Gasteiger partial charge is 0.366 e. The Bertz CT molecular complexity index is 2370. The molecule has 254 valence electrons. The van der Waals surface area contributed by atoms with E-state index in [1.54, 1.807) is 0 Å². The van der Waals surface area contributed by atoms with Gasteiger partial charge in [0.2, 0.25) is 0 Å². The minimum absolute atomic E-state index is 0.182. The van der Waals surface area contributed by atoms with Gasteiger partial charge in [-0.25, -0.2) is 0 Å². The zero-order valence-corrected chi connectivity index (χ0v) is 30.6. The molecule has 2 heterocycles. The van der Waals surface area contributed by atoms with Gasteiger partial charge >= 0.3 is 0 Å². The minimum Gasteiger partial charge on any atom is -0.366 e. The predicted molar refractivity (Wildman–Crippen MR) is 223 cm³/mol. The van der Waals surface area contributed by atoms with Crippen LogP contribution in [0.4, 0.5) is 5.69 Å². The summed E-state index contributed by atoms with van der Waals surface area (Å²) in [4.78, 5) is 5.80. The molecule has 0 spiro atoms. The van der Waals surface area contributed by atoms with E-state index in [0.29, 0.717) is 0 Å². The molecule has 0 saturated heterocycles. The van der Waals surface area contributed by atoms with Gasteiger partial charge in [0.25, 0.3) is 0 Å². The molecule has 3 aliphatic rings. The Kier molecular flexibility index (Phi) is 8.46. The van der Waals surface area contributed by atoms with Gasteiger partial charge in [-0.15, -0.1) is 0 Å². The lowest BCUT2D eigenvalue weighted by Gasteiger charge is -2.38. The van der Waals surface area contributed by atoms with Crippen LogP contribution < -0.4 is 20.5 Å². The molecule has 0 saturated carbocycles. The van der Waals surface area contributed by atoms with Gasteiger partial charge in [0.15, 0.2) is 8.07 Å². The molecule has 2 aromatic heterocycles. The van der Waals surface area contributed by atoms with E-state index in [1.807, 2.05) is 6.20 Å². The van der Waals surface area contributed by atoms with Crippen LogP contribution in [0.1, 0.15) is 37.4 Å². The first-order valence-corrected chi connectivity index (χ1v) is 20.6. The Morgan fingerprint density at radius 1 is 0.750 bits per heavy atom. The van der Waals surface area contributed by atoms with Crippen LogP contribution >= 0.6 is 0 Å². The zero-order valence-electron chi connectivity index (χ0n) is 29.6. The van der Waals surface area contributed by atoms with Crippen LogP contribution in [0.2, 0.25) is 0 Å². The van der Waals surface area contributed by atoms with E-state index in [0.717, 1.165) is 25.7 Å². The van der Waals surface area contributed by atoms with Gasteiger partial charge in [-0.3, -0.25) is 0 Å². The number of H-pyrrole nitrogens is 1. The third-order valence-corrected chi connectivity index (χ3v) is 15.9. The Morgan fingerprint density at radius 2 is 1.50 bits per heavy atom. The van der Waals surface area contributed by atoms with Crippen LogP contribution in [0.3, 0.4) is 0 Å². The van der Waals surface area contributed by atoms with Crippen molar-refractivity contribution in [3.8, 4) is 5.69 Å². The summed E-state index contributed by atoms with van der Waals surface area (Å²) in [5.41, 5.74) is 9.02. The molecule has 52 heavy (non-hydrogen) atoms. The lowest BCUT2D eigenvalue weighted by atomic mass is 10.0. The standard InChI is InChI=1S/C48H43N3Si/c1-36-14-13-17-38(25-24-36)50(40-32-33-49-35-40)39-26-28-43(29-27-39)52(41-18-7-3-8-19-41,42-20-9-4-10-21-42)44-30-31-48-46(34-44)45-22-11-12-23-47(45)51(48)37-15-5-2-6-16-37/h2-10,12-13,15-21,23-26,28-35,39,49H,11,14,22,27H2,1H3. The minimum atomic E-state index is -2.76. The molecule has 0 fully saturated rings. The van der Waals surface area contributed by atoms with Gasteiger partial charge in [0.05, 0.1) is 17.2 Å². The molecular weight excluding hydrogens is 647 g/mol. The van der Waals surface area contributed by atoms with E-state index >= 15 is 0 Å². The fraction of sp³-hybridized carbons (Fsp3) is 0.125. The summed E-state index contributed by atoms with van der Waals surface area (Å²) in [6.45, 7) is 2.21. The second kappa shape index (κ2) is 13.7. The number of allylic oxidation sites excluding steroid dienone is 8. The molecule has 9 rings (SSSR count). The Hall–Kier alpha value is -5.84. The van der Waals surface area contributed by atoms with Gasteiger partial charge in [-0.2, -0.15) is 0 Å². The highest BCUT2D eigenvalue weighted by atomic mass is 28.3. The SMILES string of the molecule is CC1=CC=C(N(c2cc[nH]c2)C2C=CC([Si](c3ccccc3)(c3ccccc3)c3ccc4c(c3)c3c(n4-c4ccccc4)C=CCC3)=CC2)C=CC1. The molecular formula is C48H43N3Si. The third kappa shape index (κ3) is 5.51. The molecule has 3 aliphatic carbocycles. The second-order valence-corrected chi connectivity index (χ2v) is 18.0. The Balaban J connectivity index is 1.23. The van der Waals surface area contributed by atoms with E-state index < -0.39 is 8.07 Å². The molecule has 4 aromatic carbocycles. The van der Waals surface area contributed by atoms with Crippen molar-refractivity contribution in [2.24, 2.45) is 0 Å². The number of anilines is 1. The Labute approximate surface area is 308 Å². The summed E-state index contributed by atoms with van der Waals surface area (Å²) in [6.07, 6.45) is 29.4. The number of aryl methyl sites for hydroxylation is 1. The maximum Gasteiger partial charge on any atom is 0.179 e. The van der Waals surface area contributed by atoms with Crippen LogP contribution in [-0.2, 0) is 6.42 Å². The number of nitrogens with one attached hydrogen (secondary N) is 1. The number of benzene rings is 4. The monoisotopic (exact) mass is 689 g/mol. The van der Waals surface area contributed by atoms with Crippen molar-refractivity contribution in [3.63, 3.8) is 0 Å². The van der Waals surface area contributed by atoms with Crippen molar-refractivity contribution < 1.29 is 0 Å². The van der Waals surface area contributed by atoms with Crippen LogP contribution in [0.25, 0.3) is 22.7 Å². The topological polar surface area (TPSA) is 24.0 Å². The summed E-state index contributed by atoms with van der Waals surface area (Å²) in [5, 5.41) is 7.04. The van der Waals surface area contributed by atoms with Gasteiger partial charge < -0.3 is 14.5 Å². The van der Waals surface area contributed by atoms with Crippen molar-refractivity contribution in [2.45, 2.75) is 38.6 Å². The average Bonchev–Trinajstić information content (AvgIpc) is 3.79. The van der Waals surface area contributed by atoms with Crippen molar-refractivity contribution in [2.75, 3.05) is 4.90 Å². The van der Waals surface area contributed by atoms with E-state index in [9.17, 15) is 0 Å². The van der Waals surface area contributed by atoms with Crippen LogP contribution in [0.5, 0.6) is 0 Å². The molecule has 3 nitrogen and oxygen atoms in total. The molecule has 0 amide bonds. The number of hydrogen-bond donors (Lipinski definition) is 1. The zero-order chi connectivity index (χ0) is 34.9. The van der Waals surface area contributed by atoms with Crippen molar-refractivity contribution in [1.29, 1.82) is 0 Å². The molecule has 0 aliphatic heterocycles. The summed E-state index contributed by atoms with van der Waals surface area (Å²) in [6, 6.07) is 43.3. The number of fused-ring (bicyclic) bond motifs is 3. The summed E-state index contributed by atoms with van der Waals surface area (Å²) < 4.78 is 2.46. The highest BCUT2D eigenvalue weighted by Gasteiger charge is 2.43. The highest BCUT2D eigenvalue weighted by Crippen LogP contribution is 2.36. The highest BCUT2D eigenvalue weighted by molar-refractivity contribution is 7.16. The van der Waals surface area contributed by atoms with E-state index in [1.165, 1.54) is 65.6 Å². The second-order valence-electron chi connectivity index (χ2n) is 14.2. The van der Waals surface area contributed by atoms with Crippen LogP contribution in [0, 0.1) is 0 Å². The molecule has 1 atom stereocenters. The first-order valence-electron chi connectivity index (χ1n) is 18.6. The number of aromatic nitrogens is 2. The smallest absolute Gasteiger partial charge is 0.179 e. The lowest BCUT2D eigenvalue weighted by Crippen LogP contribution is -2.68. The summed E-state index contributed by atoms with van der Waals surface area (Å²) in [7, 11) is -2.76. The number of rotatable bonds is 8. The normalized spacial score (nSPS) is 16.9. The fourth-order valence-electron chi connectivity index (χ4n) is 8.65. The molecule has 0 radical (unpaired) electrons. The summed E-state index contributed by atoms with van der Waals surface area (Å²) >= 11 is 0. The lowest BCUT2D eigenvalue weighted by molar-refractivity contribution is 0.761. The maximum atomic E-state index is 3.31. The Morgan fingerprint density at radius 3 is 2.19 bits per heavy atom. The predicted octanol–water partition coefficient (Wildman–Crippen LogP) is 9.48. The molecule has 0 bridgehead atoms. The van der Waals surface area contributed by atoms with Crippen molar-refractivity contribution in [1.82, 2.24) is 9.55 Å². The molecule has 1 unspecified atom stereocenters. The van der Waals surface area contributed by atoms with Gasteiger partial charge in [0, 0.05) is 34.9 Å². The van der Waals surface area contributed by atoms with Crippen LogP contribution in [-0.4, -0.2) is 23.7 Å². The van der Waals surface area contributed by atoms with E-state index in [2.05, 4.69) is 198 Å². The van der Waals surface area contributed by atoms with Crippen LogP contribution in [0.15, 0.2) is 193 Å². The van der Waals surface area contributed by atoms with Crippen molar-refractivity contribution in [3.05, 3.63) is 204 Å². The fourth-order valence-corrected chi connectivity index (χ4v) is 13.5. The van der Waals surface area contributed by atoms with Gasteiger partial charge in [-0.1, -0.05) is 133 Å². The van der Waals surface area contributed by atoms with Gasteiger partial charge in [0.1, 0.15) is 0 Å². The van der Waals surface area contributed by atoms with E-state index in [4.69, 9.17) is 0 Å². The molecule has 1 N–H and O–H groups in total. The first-order chi connectivity index (χ1) is 25.7. The average molecular weight is 690 g/mol. The van der Waals surface area contributed by atoms with E-state index in [-0.39, 0.29) is 6.04 Å². The molecule has 6 aromatic rings. The number of hydrogen-bond acceptors (Lipinski definition) is 1. The first kappa shape index (κ1) is 32.1. The maximum absolute atomic E-state index is 3.31. The van der Waals surface area contributed by atoms with Crippen molar-refractivity contribution >= 4 is 46.3 Å². The quantitative estimate of drug-likeness (QED) is 0.125. The molecule has 4 heteroatoms. The summed E-state index contributed by atoms with van der Waals surface area (Å²) in [5.74, 6) is 0. The number of nitrogens with zero attached hydrogens (tertiary/aromatic N) is 2. The van der Waals surface area contributed by atoms with Gasteiger partial charge in [-0.05, 0) is 101 Å².